The molecule has 86 valence electrons. The predicted octanol–water partition coefficient (Wildman–Crippen LogP) is 1.33. The van der Waals surface area contributed by atoms with Crippen LogP contribution in [0.25, 0.3) is 0 Å². The van der Waals surface area contributed by atoms with Crippen molar-refractivity contribution in [1.82, 2.24) is 9.97 Å². The second-order valence-corrected chi connectivity index (χ2v) is 3.70. The summed E-state index contributed by atoms with van der Waals surface area (Å²) >= 11 is 3.02. The highest BCUT2D eigenvalue weighted by atomic mass is 79.9. The van der Waals surface area contributed by atoms with E-state index in [-0.39, 0.29) is 23.4 Å². The van der Waals surface area contributed by atoms with Gasteiger partial charge in [0.2, 0.25) is 5.91 Å². The third-order valence-electron chi connectivity index (χ3n) is 1.87. The highest BCUT2D eigenvalue weighted by molar-refractivity contribution is 9.09. The van der Waals surface area contributed by atoms with Crippen LogP contribution in [-0.4, -0.2) is 27.0 Å². The number of anilines is 1. The number of alkyl halides is 1. The summed E-state index contributed by atoms with van der Waals surface area (Å²) in [4.78, 5) is 30.2. The Morgan fingerprint density at radius 3 is 2.62 bits per heavy atom. The standard InChI is InChI=1S/C10H12BrN3O2/c1-2-8(15)3-7-5-13-9(6-12-7)14-10(16)4-11/h5-6H,2-4H2,1H3,(H,13,14,16). The minimum Gasteiger partial charge on any atom is -0.309 e. The Labute approximate surface area is 102 Å². The van der Waals surface area contributed by atoms with Gasteiger partial charge in [-0.25, -0.2) is 4.98 Å². The van der Waals surface area contributed by atoms with Crippen molar-refractivity contribution in [2.24, 2.45) is 0 Å². The Morgan fingerprint density at radius 1 is 1.38 bits per heavy atom. The van der Waals surface area contributed by atoms with Crippen LogP contribution in [0.1, 0.15) is 19.0 Å². The lowest BCUT2D eigenvalue weighted by molar-refractivity contribution is -0.118. The number of amides is 1. The van der Waals surface area contributed by atoms with Crippen LogP contribution in [0.2, 0.25) is 0 Å². The number of hydrogen-bond donors (Lipinski definition) is 1. The molecule has 6 heteroatoms. The van der Waals surface area contributed by atoms with E-state index < -0.39 is 0 Å². The summed E-state index contributed by atoms with van der Waals surface area (Å²) in [6.45, 7) is 1.81. The molecule has 16 heavy (non-hydrogen) atoms. The molecule has 0 aliphatic heterocycles. The molecule has 0 saturated carbocycles. The second-order valence-electron chi connectivity index (χ2n) is 3.14. The highest BCUT2D eigenvalue weighted by Crippen LogP contribution is 2.03. The number of nitrogens with one attached hydrogen (secondary N) is 1. The number of halogens is 1. The van der Waals surface area contributed by atoms with E-state index in [4.69, 9.17) is 0 Å². The Balaban J connectivity index is 2.60. The quantitative estimate of drug-likeness (QED) is 0.829. The summed E-state index contributed by atoms with van der Waals surface area (Å²) < 4.78 is 0. The summed E-state index contributed by atoms with van der Waals surface area (Å²) in [5, 5.41) is 2.75. The largest absolute Gasteiger partial charge is 0.309 e. The molecule has 0 aliphatic rings. The van der Waals surface area contributed by atoms with Crippen molar-refractivity contribution < 1.29 is 9.59 Å². The molecule has 0 saturated heterocycles. The van der Waals surface area contributed by atoms with Crippen molar-refractivity contribution in [2.75, 3.05) is 10.6 Å². The van der Waals surface area contributed by atoms with Crippen molar-refractivity contribution in [3.63, 3.8) is 0 Å². The van der Waals surface area contributed by atoms with Crippen LogP contribution < -0.4 is 5.32 Å². The van der Waals surface area contributed by atoms with Gasteiger partial charge in [0.05, 0.1) is 29.8 Å². The Kier molecular flexibility index (Phi) is 5.04. The van der Waals surface area contributed by atoms with Gasteiger partial charge in [0, 0.05) is 6.42 Å². The van der Waals surface area contributed by atoms with E-state index in [1.807, 2.05) is 0 Å². The predicted molar refractivity (Wildman–Crippen MR) is 63.5 cm³/mol. The van der Waals surface area contributed by atoms with Crippen LogP contribution in [0.3, 0.4) is 0 Å². The van der Waals surface area contributed by atoms with E-state index >= 15 is 0 Å². The molecule has 0 radical (unpaired) electrons. The summed E-state index contributed by atoms with van der Waals surface area (Å²) in [6, 6.07) is 0. The monoisotopic (exact) mass is 285 g/mol. The van der Waals surface area contributed by atoms with Gasteiger partial charge < -0.3 is 5.32 Å². The normalized spacial score (nSPS) is 9.88. The summed E-state index contributed by atoms with van der Waals surface area (Å²) in [5.74, 6) is 0.315. The molecule has 0 unspecified atom stereocenters. The molecule has 1 N–H and O–H groups in total. The van der Waals surface area contributed by atoms with Crippen LogP contribution >= 0.6 is 15.9 Å². The number of Topliss-reactive ketones (excluding diaryl/α,β-unsaturated/α-hetero) is 1. The molecule has 0 atom stereocenters. The van der Waals surface area contributed by atoms with Gasteiger partial charge in [-0.2, -0.15) is 0 Å². The SMILES string of the molecule is CCC(=O)Cc1cnc(NC(=O)CBr)cn1. The molecule has 0 aromatic carbocycles. The second kappa shape index (κ2) is 6.32. The molecule has 5 nitrogen and oxygen atoms in total. The van der Waals surface area contributed by atoms with Crippen molar-refractivity contribution in [3.05, 3.63) is 18.1 Å². The molecule has 1 aromatic rings. The lowest BCUT2D eigenvalue weighted by Crippen LogP contribution is -2.14. The Morgan fingerprint density at radius 2 is 2.12 bits per heavy atom. The molecule has 1 rings (SSSR count). The third-order valence-corrected chi connectivity index (χ3v) is 2.38. The fraction of sp³-hybridized carbons (Fsp3) is 0.400. The molecule has 0 aliphatic carbocycles. The first-order valence-corrected chi connectivity index (χ1v) is 5.96. The van der Waals surface area contributed by atoms with Crippen molar-refractivity contribution in [3.8, 4) is 0 Å². The number of carbonyl (C=O) groups is 2. The fourth-order valence-corrected chi connectivity index (χ4v) is 1.15. The van der Waals surface area contributed by atoms with Gasteiger partial charge in [0.25, 0.3) is 0 Å². The van der Waals surface area contributed by atoms with Crippen molar-refractivity contribution in [2.45, 2.75) is 19.8 Å². The molecular weight excluding hydrogens is 274 g/mol. The van der Waals surface area contributed by atoms with Crippen molar-refractivity contribution >= 4 is 33.4 Å². The van der Waals surface area contributed by atoms with Crippen LogP contribution in [0.15, 0.2) is 12.4 Å². The fourth-order valence-electron chi connectivity index (χ4n) is 1.01. The van der Waals surface area contributed by atoms with E-state index in [2.05, 4.69) is 31.2 Å². The number of ketones is 1. The van der Waals surface area contributed by atoms with Crippen LogP contribution in [-0.2, 0) is 16.0 Å². The zero-order valence-electron chi connectivity index (χ0n) is 8.86. The minimum atomic E-state index is -0.188. The van der Waals surface area contributed by atoms with E-state index in [0.717, 1.165) is 0 Å². The average molecular weight is 286 g/mol. The first kappa shape index (κ1) is 12.8. The van der Waals surface area contributed by atoms with Crippen molar-refractivity contribution in [1.29, 1.82) is 0 Å². The van der Waals surface area contributed by atoms with Gasteiger partial charge in [-0.3, -0.25) is 14.6 Å². The van der Waals surface area contributed by atoms with Gasteiger partial charge in [0.1, 0.15) is 5.78 Å². The highest BCUT2D eigenvalue weighted by Gasteiger charge is 2.04. The number of hydrogen-bond acceptors (Lipinski definition) is 4. The molecule has 0 fully saturated rings. The van der Waals surface area contributed by atoms with Gasteiger partial charge >= 0.3 is 0 Å². The summed E-state index contributed by atoms with van der Waals surface area (Å²) in [6.07, 6.45) is 3.72. The average Bonchev–Trinajstić information content (AvgIpc) is 2.31. The number of rotatable bonds is 5. The maximum absolute atomic E-state index is 11.1. The molecule has 0 bridgehead atoms. The van der Waals surface area contributed by atoms with Crippen LogP contribution in [0, 0.1) is 0 Å². The lowest BCUT2D eigenvalue weighted by atomic mass is 10.2. The zero-order chi connectivity index (χ0) is 12.0. The van der Waals surface area contributed by atoms with Crippen LogP contribution in [0.4, 0.5) is 5.82 Å². The van der Waals surface area contributed by atoms with E-state index in [1.165, 1.54) is 12.4 Å². The van der Waals surface area contributed by atoms with Crippen LogP contribution in [0.5, 0.6) is 0 Å². The topological polar surface area (TPSA) is 72.0 Å². The Hall–Kier alpha value is -1.30. The maximum Gasteiger partial charge on any atom is 0.236 e. The van der Waals surface area contributed by atoms with E-state index in [9.17, 15) is 9.59 Å². The van der Waals surface area contributed by atoms with E-state index in [1.54, 1.807) is 6.92 Å². The number of aromatic nitrogens is 2. The number of carbonyl (C=O) groups excluding carboxylic acids is 2. The molecule has 0 spiro atoms. The van der Waals surface area contributed by atoms with Gasteiger partial charge in [0.15, 0.2) is 5.82 Å². The smallest absolute Gasteiger partial charge is 0.236 e. The van der Waals surface area contributed by atoms with Gasteiger partial charge in [-0.15, -0.1) is 0 Å². The molecule has 1 amide bonds. The first-order valence-electron chi connectivity index (χ1n) is 4.84. The molecule has 1 heterocycles. The zero-order valence-corrected chi connectivity index (χ0v) is 10.5. The first-order chi connectivity index (χ1) is 7.65. The van der Waals surface area contributed by atoms with Gasteiger partial charge in [-0.1, -0.05) is 22.9 Å². The lowest BCUT2D eigenvalue weighted by Gasteiger charge is -2.02. The minimum absolute atomic E-state index is 0.117. The van der Waals surface area contributed by atoms with E-state index in [0.29, 0.717) is 17.9 Å². The molecule has 1 aromatic heterocycles. The summed E-state index contributed by atoms with van der Waals surface area (Å²) in [7, 11) is 0. The molecular formula is C10H12BrN3O2. The summed E-state index contributed by atoms with van der Waals surface area (Å²) in [5.41, 5.74) is 0.615. The number of nitrogens with zero attached hydrogens (tertiary/aromatic N) is 2. The third kappa shape index (κ3) is 4.06. The van der Waals surface area contributed by atoms with Gasteiger partial charge in [-0.05, 0) is 0 Å². The maximum atomic E-state index is 11.1. The Bertz CT molecular complexity index is 341.